The van der Waals surface area contributed by atoms with Crippen LogP contribution in [0.3, 0.4) is 0 Å². The van der Waals surface area contributed by atoms with Gasteiger partial charge in [-0.05, 0) is 23.4 Å². The highest BCUT2D eigenvalue weighted by atomic mass is 32.2. The van der Waals surface area contributed by atoms with Crippen LogP contribution in [0, 0.1) is 11.8 Å². The van der Waals surface area contributed by atoms with Crippen molar-refractivity contribution in [3.8, 4) is 11.8 Å². The van der Waals surface area contributed by atoms with Crippen LogP contribution in [0.15, 0.2) is 54.6 Å². The Kier molecular flexibility index (Phi) is 7.83. The number of nitrogens with zero attached hydrogens (tertiary/aromatic N) is 1. The van der Waals surface area contributed by atoms with Gasteiger partial charge in [-0.1, -0.05) is 12.1 Å². The Bertz CT molecular complexity index is 849. The average molecular weight is 389 g/mol. The van der Waals surface area contributed by atoms with E-state index in [2.05, 4.69) is 29.2 Å². The molecule has 0 aliphatic carbocycles. The van der Waals surface area contributed by atoms with E-state index in [9.17, 15) is 13.2 Å². The first-order valence-electron chi connectivity index (χ1n) is 6.82. The van der Waals surface area contributed by atoms with Crippen molar-refractivity contribution in [2.75, 3.05) is 0 Å². The SMILES string of the molecule is C=CCC[n+]1ccccc1C#Cc1cccs1.O=S(=O)([O-])C(F)(F)F. The van der Waals surface area contributed by atoms with Crippen molar-refractivity contribution in [2.24, 2.45) is 0 Å². The van der Waals surface area contributed by atoms with E-state index in [0.29, 0.717) is 0 Å². The van der Waals surface area contributed by atoms with Gasteiger partial charge in [-0.3, -0.25) is 0 Å². The summed E-state index contributed by atoms with van der Waals surface area (Å²) >= 11 is 1.67. The van der Waals surface area contributed by atoms with E-state index in [1.165, 1.54) is 0 Å². The maximum atomic E-state index is 10.7. The number of halogens is 3. The first-order valence-corrected chi connectivity index (χ1v) is 9.11. The third-order valence-corrected chi connectivity index (χ3v) is 3.99. The zero-order valence-electron chi connectivity index (χ0n) is 12.9. The van der Waals surface area contributed by atoms with Crippen LogP contribution in [0.2, 0.25) is 0 Å². The van der Waals surface area contributed by atoms with E-state index in [0.717, 1.165) is 23.5 Å². The van der Waals surface area contributed by atoms with Crippen molar-refractivity contribution in [3.05, 3.63) is 65.1 Å². The zero-order chi connectivity index (χ0) is 18.9. The summed E-state index contributed by atoms with van der Waals surface area (Å²) in [5.74, 6) is 6.39. The van der Waals surface area contributed by atoms with Gasteiger partial charge in [0.1, 0.15) is 0 Å². The fourth-order valence-corrected chi connectivity index (χ4v) is 2.06. The molecule has 0 saturated carbocycles. The lowest BCUT2D eigenvalue weighted by Gasteiger charge is -2.08. The highest BCUT2D eigenvalue weighted by Gasteiger charge is 2.36. The van der Waals surface area contributed by atoms with Gasteiger partial charge in [-0.25, -0.2) is 8.42 Å². The maximum Gasteiger partial charge on any atom is 0.485 e. The van der Waals surface area contributed by atoms with Crippen molar-refractivity contribution >= 4 is 21.5 Å². The zero-order valence-corrected chi connectivity index (χ0v) is 14.5. The predicted octanol–water partition coefficient (Wildman–Crippen LogP) is 3.06. The molecule has 9 heteroatoms. The molecular formula is C16H14F3NO3S2. The molecule has 0 N–H and O–H groups in total. The molecule has 25 heavy (non-hydrogen) atoms. The number of aromatic nitrogens is 1. The molecule has 2 heterocycles. The fraction of sp³-hybridized carbons (Fsp3) is 0.188. The van der Waals surface area contributed by atoms with Gasteiger partial charge in [-0.2, -0.15) is 17.7 Å². The number of hydrogen-bond donors (Lipinski definition) is 0. The second-order valence-corrected chi connectivity index (χ2v) is 6.80. The summed E-state index contributed by atoms with van der Waals surface area (Å²) in [6, 6.07) is 10.1. The minimum absolute atomic E-state index is 0.929. The van der Waals surface area contributed by atoms with E-state index < -0.39 is 15.6 Å². The summed E-state index contributed by atoms with van der Waals surface area (Å²) in [5.41, 5.74) is -4.60. The van der Waals surface area contributed by atoms with Crippen LogP contribution in [0.5, 0.6) is 0 Å². The van der Waals surface area contributed by atoms with Gasteiger partial charge in [-0.15, -0.1) is 17.9 Å². The van der Waals surface area contributed by atoms with Crippen molar-refractivity contribution in [1.82, 2.24) is 0 Å². The van der Waals surface area contributed by atoms with E-state index >= 15 is 0 Å². The molecule has 0 radical (unpaired) electrons. The number of rotatable bonds is 3. The third-order valence-electron chi connectivity index (χ3n) is 2.63. The first-order chi connectivity index (χ1) is 11.6. The molecule has 0 spiro atoms. The van der Waals surface area contributed by atoms with Crippen LogP contribution in [-0.2, 0) is 16.7 Å². The number of hydrogen-bond acceptors (Lipinski definition) is 4. The molecule has 2 aromatic heterocycles. The summed E-state index contributed by atoms with van der Waals surface area (Å²) in [7, 11) is -6.09. The molecule has 4 nitrogen and oxygen atoms in total. The van der Waals surface area contributed by atoms with E-state index in [1.54, 1.807) is 11.3 Å². The maximum absolute atomic E-state index is 10.7. The predicted molar refractivity (Wildman–Crippen MR) is 87.5 cm³/mol. The number of thiophene rings is 1. The molecule has 134 valence electrons. The molecule has 0 unspecified atom stereocenters. The van der Waals surface area contributed by atoms with Gasteiger partial charge >= 0.3 is 5.51 Å². The molecule has 0 aliphatic rings. The molecule has 0 amide bonds. The number of aryl methyl sites for hydroxylation is 1. The summed E-state index contributed by atoms with van der Waals surface area (Å²) < 4.78 is 61.1. The number of alkyl halides is 3. The molecule has 0 aromatic carbocycles. The Balaban J connectivity index is 0.000000333. The largest absolute Gasteiger partial charge is 0.741 e. The molecular weight excluding hydrogens is 375 g/mol. The van der Waals surface area contributed by atoms with E-state index in [1.807, 2.05) is 41.8 Å². The fourth-order valence-electron chi connectivity index (χ4n) is 1.49. The van der Waals surface area contributed by atoms with Gasteiger partial charge in [0.05, 0.1) is 4.88 Å². The second kappa shape index (κ2) is 9.36. The standard InChI is InChI=1S/C15H14NS.CHF3O3S/c1-2-3-11-16-12-5-4-7-14(16)9-10-15-8-6-13-17-15;2-1(3,4)8(5,6)7/h2,4-8,12-13H,1,3,11H2;(H,5,6,7)/q+1;/p-1. The highest BCUT2D eigenvalue weighted by molar-refractivity contribution is 7.86. The first kappa shape index (κ1) is 20.9. The van der Waals surface area contributed by atoms with Crippen LogP contribution in [0.1, 0.15) is 17.0 Å². The van der Waals surface area contributed by atoms with Crippen LogP contribution in [0.25, 0.3) is 0 Å². The van der Waals surface area contributed by atoms with Gasteiger partial charge < -0.3 is 4.55 Å². The Hall–Kier alpha value is -2.15. The second-order valence-electron chi connectivity index (χ2n) is 4.48. The Labute approximate surface area is 148 Å². The van der Waals surface area contributed by atoms with Gasteiger partial charge in [0.15, 0.2) is 22.9 Å². The topological polar surface area (TPSA) is 61.1 Å². The quantitative estimate of drug-likeness (QED) is 0.267. The molecule has 2 rings (SSSR count). The van der Waals surface area contributed by atoms with Crippen LogP contribution in [-0.4, -0.2) is 18.5 Å². The molecule has 0 saturated heterocycles. The Morgan fingerprint density at radius 3 is 2.44 bits per heavy atom. The van der Waals surface area contributed by atoms with Crippen molar-refractivity contribution in [1.29, 1.82) is 0 Å². The lowest BCUT2D eigenvalue weighted by atomic mass is 10.3. The van der Waals surface area contributed by atoms with Crippen molar-refractivity contribution in [2.45, 2.75) is 18.5 Å². The minimum atomic E-state index is -6.09. The molecule has 0 bridgehead atoms. The molecule has 0 atom stereocenters. The van der Waals surface area contributed by atoms with E-state index in [4.69, 9.17) is 13.0 Å². The smallest absolute Gasteiger partial charge is 0.485 e. The lowest BCUT2D eigenvalue weighted by molar-refractivity contribution is -0.698. The Morgan fingerprint density at radius 2 is 1.92 bits per heavy atom. The van der Waals surface area contributed by atoms with Gasteiger partial charge in [0.25, 0.3) is 5.69 Å². The summed E-state index contributed by atoms with van der Waals surface area (Å²) in [6.07, 6.45) is 4.95. The highest BCUT2D eigenvalue weighted by Crippen LogP contribution is 2.20. The Morgan fingerprint density at radius 1 is 1.24 bits per heavy atom. The lowest BCUT2D eigenvalue weighted by Crippen LogP contribution is -2.36. The summed E-state index contributed by atoms with van der Waals surface area (Å²) in [5, 5.41) is 2.04. The van der Waals surface area contributed by atoms with Gasteiger partial charge in [0.2, 0.25) is 0 Å². The van der Waals surface area contributed by atoms with Crippen LogP contribution in [0.4, 0.5) is 13.2 Å². The summed E-state index contributed by atoms with van der Waals surface area (Å²) in [4.78, 5) is 1.10. The van der Waals surface area contributed by atoms with Crippen molar-refractivity contribution in [3.63, 3.8) is 0 Å². The minimum Gasteiger partial charge on any atom is -0.741 e. The molecule has 0 fully saturated rings. The average Bonchev–Trinajstić information content (AvgIpc) is 3.04. The number of allylic oxidation sites excluding steroid dienone is 1. The van der Waals surface area contributed by atoms with Crippen molar-refractivity contribution < 1.29 is 30.7 Å². The van der Waals surface area contributed by atoms with Crippen LogP contribution >= 0.6 is 11.3 Å². The monoisotopic (exact) mass is 389 g/mol. The molecule has 0 aliphatic heterocycles. The van der Waals surface area contributed by atoms with E-state index in [-0.39, 0.29) is 0 Å². The molecule has 2 aromatic rings. The van der Waals surface area contributed by atoms with Crippen LogP contribution < -0.4 is 4.57 Å². The third kappa shape index (κ3) is 7.51. The van der Waals surface area contributed by atoms with Gasteiger partial charge in [0, 0.05) is 24.5 Å². The number of pyridine rings is 1. The normalized spacial score (nSPS) is 10.9. The summed E-state index contributed by atoms with van der Waals surface area (Å²) in [6.45, 7) is 4.67.